The SMILES string of the molecule is COC(=O)COSN(C)NC1CCc2c(-c3cnc(-c4ccc(OC(C)C)c(C#N)c4)s3)cccc21. The number of nitrogens with zero attached hydrogens (tertiary/aromatic N) is 3. The lowest BCUT2D eigenvalue weighted by Crippen LogP contribution is -2.32. The van der Waals surface area contributed by atoms with E-state index in [1.807, 2.05) is 45.3 Å². The highest BCUT2D eigenvalue weighted by molar-refractivity contribution is 7.92. The summed E-state index contributed by atoms with van der Waals surface area (Å²) in [6, 6.07) is 14.4. The molecule has 1 aromatic heterocycles. The Morgan fingerprint density at radius 3 is 2.94 bits per heavy atom. The van der Waals surface area contributed by atoms with E-state index in [0.717, 1.165) is 40.5 Å². The van der Waals surface area contributed by atoms with E-state index in [1.54, 1.807) is 15.8 Å². The quantitative estimate of drug-likeness (QED) is 0.164. The number of nitriles is 1. The molecule has 3 aromatic rings. The lowest BCUT2D eigenvalue weighted by Gasteiger charge is -2.21. The number of carbonyl (C=O) groups excluding carboxylic acids is 1. The first-order valence-electron chi connectivity index (χ1n) is 11.5. The van der Waals surface area contributed by atoms with E-state index in [2.05, 4.69) is 39.4 Å². The molecule has 0 saturated carbocycles. The third kappa shape index (κ3) is 6.06. The molecule has 1 N–H and O–H groups in total. The number of thiazole rings is 1. The molecule has 1 atom stereocenters. The molecule has 188 valence electrons. The second kappa shape index (κ2) is 11.9. The van der Waals surface area contributed by atoms with Crippen molar-refractivity contribution < 1.29 is 18.5 Å². The lowest BCUT2D eigenvalue weighted by molar-refractivity contribution is -0.142. The van der Waals surface area contributed by atoms with Crippen molar-refractivity contribution in [2.45, 2.75) is 38.8 Å². The monoisotopic (exact) mass is 524 g/mol. The molecule has 0 fully saturated rings. The zero-order valence-electron chi connectivity index (χ0n) is 20.6. The van der Waals surface area contributed by atoms with E-state index in [0.29, 0.717) is 11.3 Å². The Kier molecular flexibility index (Phi) is 8.61. The summed E-state index contributed by atoms with van der Waals surface area (Å²) >= 11 is 2.69. The molecule has 1 aliphatic rings. The van der Waals surface area contributed by atoms with Crippen molar-refractivity contribution in [1.29, 1.82) is 5.26 Å². The number of esters is 1. The van der Waals surface area contributed by atoms with E-state index in [9.17, 15) is 10.1 Å². The first kappa shape index (κ1) is 26.1. The summed E-state index contributed by atoms with van der Waals surface area (Å²) in [6.45, 7) is 3.77. The minimum Gasteiger partial charge on any atom is -0.490 e. The van der Waals surface area contributed by atoms with Crippen LogP contribution in [0.4, 0.5) is 0 Å². The molecule has 36 heavy (non-hydrogen) atoms. The number of ether oxygens (including phenoxy) is 2. The summed E-state index contributed by atoms with van der Waals surface area (Å²) in [6.07, 6.45) is 3.79. The number of hydrogen-bond acceptors (Lipinski definition) is 10. The topological polar surface area (TPSA) is 96.7 Å². The third-order valence-corrected chi connectivity index (χ3v) is 7.29. The van der Waals surface area contributed by atoms with Crippen molar-refractivity contribution in [2.75, 3.05) is 20.8 Å². The van der Waals surface area contributed by atoms with Gasteiger partial charge in [0, 0.05) is 24.8 Å². The Morgan fingerprint density at radius 1 is 1.36 bits per heavy atom. The number of hydrogen-bond donors (Lipinski definition) is 1. The average Bonchev–Trinajstić information content (AvgIpc) is 3.51. The predicted molar refractivity (Wildman–Crippen MR) is 141 cm³/mol. The molecule has 1 heterocycles. The second-order valence-corrected chi connectivity index (χ2v) is 10.5. The predicted octanol–water partition coefficient (Wildman–Crippen LogP) is 5.31. The first-order chi connectivity index (χ1) is 17.4. The first-order valence-corrected chi connectivity index (χ1v) is 13.1. The van der Waals surface area contributed by atoms with Crippen LogP contribution in [0.1, 0.15) is 43.0 Å². The minimum absolute atomic E-state index is 0.00123. The fraction of sp³-hybridized carbons (Fsp3) is 0.346. The Labute approximate surface area is 219 Å². The lowest BCUT2D eigenvalue weighted by atomic mass is 10.0. The highest BCUT2D eigenvalue weighted by atomic mass is 32.2. The summed E-state index contributed by atoms with van der Waals surface area (Å²) in [5.74, 6) is 0.172. The highest BCUT2D eigenvalue weighted by Gasteiger charge is 2.26. The van der Waals surface area contributed by atoms with Gasteiger partial charge in [0.1, 0.15) is 16.8 Å². The fourth-order valence-electron chi connectivity index (χ4n) is 4.11. The van der Waals surface area contributed by atoms with Gasteiger partial charge in [0.05, 0.1) is 35.9 Å². The highest BCUT2D eigenvalue weighted by Crippen LogP contribution is 2.41. The molecular formula is C26H28N4O4S2. The Bertz CT molecular complexity index is 1270. The van der Waals surface area contributed by atoms with Crippen LogP contribution in [0.25, 0.3) is 21.0 Å². The Balaban J connectivity index is 1.49. The van der Waals surface area contributed by atoms with E-state index in [-0.39, 0.29) is 18.8 Å². The smallest absolute Gasteiger partial charge is 0.333 e. The molecule has 1 aliphatic carbocycles. The number of methoxy groups -OCH3 is 1. The van der Waals surface area contributed by atoms with E-state index < -0.39 is 5.97 Å². The fourth-order valence-corrected chi connectivity index (χ4v) is 5.55. The van der Waals surface area contributed by atoms with Gasteiger partial charge in [-0.25, -0.2) is 15.2 Å². The van der Waals surface area contributed by atoms with Gasteiger partial charge in [-0.1, -0.05) is 18.2 Å². The van der Waals surface area contributed by atoms with Crippen molar-refractivity contribution in [1.82, 2.24) is 14.8 Å². The van der Waals surface area contributed by atoms with Gasteiger partial charge in [-0.3, -0.25) is 4.18 Å². The number of rotatable bonds is 10. The van der Waals surface area contributed by atoms with Crippen molar-refractivity contribution in [3.8, 4) is 32.8 Å². The van der Waals surface area contributed by atoms with Crippen molar-refractivity contribution in [3.63, 3.8) is 0 Å². The summed E-state index contributed by atoms with van der Waals surface area (Å²) < 4.78 is 17.4. The normalized spacial score (nSPS) is 14.6. The van der Waals surface area contributed by atoms with Crippen LogP contribution in [0.2, 0.25) is 0 Å². The summed E-state index contributed by atoms with van der Waals surface area (Å²) in [4.78, 5) is 17.0. The van der Waals surface area contributed by atoms with Gasteiger partial charge in [-0.15, -0.1) is 11.3 Å². The molecule has 2 aromatic carbocycles. The zero-order chi connectivity index (χ0) is 25.7. The van der Waals surface area contributed by atoms with Crippen LogP contribution in [-0.2, 0) is 20.1 Å². The van der Waals surface area contributed by atoms with Crippen molar-refractivity contribution >= 4 is 29.5 Å². The van der Waals surface area contributed by atoms with Gasteiger partial charge >= 0.3 is 5.97 Å². The van der Waals surface area contributed by atoms with E-state index in [4.69, 9.17) is 8.92 Å². The third-order valence-electron chi connectivity index (χ3n) is 5.66. The molecule has 4 rings (SSSR count). The van der Waals surface area contributed by atoms with Gasteiger partial charge in [0.15, 0.2) is 6.61 Å². The van der Waals surface area contributed by atoms with Crippen LogP contribution in [0.15, 0.2) is 42.6 Å². The van der Waals surface area contributed by atoms with E-state index in [1.165, 1.54) is 23.8 Å². The number of benzene rings is 2. The van der Waals surface area contributed by atoms with Crippen LogP contribution < -0.4 is 10.2 Å². The molecule has 0 radical (unpaired) electrons. The van der Waals surface area contributed by atoms with Crippen LogP contribution >= 0.6 is 23.6 Å². The van der Waals surface area contributed by atoms with Crippen LogP contribution in [0.5, 0.6) is 5.75 Å². The summed E-state index contributed by atoms with van der Waals surface area (Å²) in [5, 5.41) is 10.4. The maximum absolute atomic E-state index is 11.2. The van der Waals surface area contributed by atoms with Crippen LogP contribution in [0.3, 0.4) is 0 Å². The molecule has 1 unspecified atom stereocenters. The van der Waals surface area contributed by atoms with Crippen molar-refractivity contribution in [2.24, 2.45) is 0 Å². The number of aromatic nitrogens is 1. The van der Waals surface area contributed by atoms with Gasteiger partial charge in [-0.05, 0) is 61.6 Å². The standard InChI is InChI=1S/C26H28N4O4S2/c1-16(2)34-23-11-8-17(12-18(23)13-27)26-28-14-24(35-26)21-7-5-6-20-19(21)9-10-22(20)29-30(3)36-33-15-25(31)32-4/h5-8,11-12,14,16,22,29H,9-10,15H2,1-4H3. The molecule has 0 aliphatic heterocycles. The average molecular weight is 525 g/mol. The van der Waals surface area contributed by atoms with Crippen LogP contribution in [-0.4, -0.2) is 42.2 Å². The molecule has 0 amide bonds. The Morgan fingerprint density at radius 2 is 2.19 bits per heavy atom. The van der Waals surface area contributed by atoms with Crippen LogP contribution in [0, 0.1) is 11.3 Å². The zero-order valence-corrected chi connectivity index (χ0v) is 22.2. The van der Waals surface area contributed by atoms with Gasteiger partial charge in [0.2, 0.25) is 0 Å². The number of nitrogens with one attached hydrogen (secondary N) is 1. The minimum atomic E-state index is -0.417. The van der Waals surface area contributed by atoms with E-state index >= 15 is 0 Å². The molecule has 8 nitrogen and oxygen atoms in total. The summed E-state index contributed by atoms with van der Waals surface area (Å²) in [5.41, 5.74) is 8.56. The summed E-state index contributed by atoms with van der Waals surface area (Å²) in [7, 11) is 3.19. The number of hydrazine groups is 1. The largest absolute Gasteiger partial charge is 0.490 e. The number of fused-ring (bicyclic) bond motifs is 1. The van der Waals surface area contributed by atoms with Gasteiger partial charge in [-0.2, -0.15) is 9.68 Å². The molecule has 0 bridgehead atoms. The molecule has 0 spiro atoms. The van der Waals surface area contributed by atoms with Gasteiger partial charge in [0.25, 0.3) is 0 Å². The maximum Gasteiger partial charge on any atom is 0.333 e. The maximum atomic E-state index is 11.2. The van der Waals surface area contributed by atoms with Gasteiger partial charge < -0.3 is 9.47 Å². The Hall–Kier alpha value is -2.94. The molecule has 10 heteroatoms. The molecular weight excluding hydrogens is 496 g/mol. The molecule has 0 saturated heterocycles. The number of carbonyl (C=O) groups is 1. The van der Waals surface area contributed by atoms with Crippen molar-refractivity contribution in [3.05, 3.63) is 59.3 Å². The second-order valence-electron chi connectivity index (χ2n) is 8.52.